The molecule has 1 unspecified atom stereocenters. The van der Waals surface area contributed by atoms with Gasteiger partial charge in [-0.3, -0.25) is 0 Å². The number of rotatable bonds is 7. The third-order valence-corrected chi connectivity index (χ3v) is 12.2. The Kier molecular flexibility index (Phi) is 10.4. The summed E-state index contributed by atoms with van der Waals surface area (Å²) in [6, 6.07) is 79.6. The zero-order valence-electron chi connectivity index (χ0n) is 35.0. The summed E-state index contributed by atoms with van der Waals surface area (Å²) in [5.41, 5.74) is 22.1. The molecule has 10 aromatic carbocycles. The molecule has 1 heterocycles. The van der Waals surface area contributed by atoms with Crippen LogP contribution in [0.2, 0.25) is 0 Å². The van der Waals surface area contributed by atoms with Crippen molar-refractivity contribution >= 4 is 54.7 Å². The van der Waals surface area contributed by atoms with Gasteiger partial charge in [0, 0.05) is 33.4 Å². The molecule has 0 spiro atoms. The van der Waals surface area contributed by atoms with Gasteiger partial charge in [0.25, 0.3) is 0 Å². The fourth-order valence-electron chi connectivity index (χ4n) is 8.94. The van der Waals surface area contributed by atoms with Crippen molar-refractivity contribution in [3.8, 4) is 27.9 Å². The molecule has 0 saturated heterocycles. The van der Waals surface area contributed by atoms with E-state index in [9.17, 15) is 0 Å². The standard InChI is InChI=1S/C37H28N2.C22H19N/c1-26-18-24-29(25-19-26)38-34-15-7-5-12-31(34)27-20-22-28(23-21-27)32-14-9-17-36-37(32)33-13-6-8-16-35(33)39(36)30-10-3-2-4-11-30;1-15-20-9-5-4-7-17(20)12-13-21(15)22(23)19-11-10-16-6-2-3-8-18(16)14-19/h2-25,38H,1H3;2-14,22H,23H2,1H3. The van der Waals surface area contributed by atoms with Gasteiger partial charge in [-0.25, -0.2) is 0 Å². The molecule has 298 valence electrons. The molecule has 0 fully saturated rings. The molecule has 0 bridgehead atoms. The highest BCUT2D eigenvalue weighted by Crippen LogP contribution is 2.40. The first kappa shape index (κ1) is 38.5. The SMILES string of the molecule is Cc1c(C(N)c2ccc3ccccc3c2)ccc2ccccc12.Cc1ccc(Nc2ccccc2-c2ccc(-c3cccc4c3c3ccccc3n4-c3ccccc3)cc2)cc1. The molecule has 3 N–H and O–H groups in total. The summed E-state index contributed by atoms with van der Waals surface area (Å²) in [5.74, 6) is 0. The molecule has 0 radical (unpaired) electrons. The summed E-state index contributed by atoms with van der Waals surface area (Å²) in [6.45, 7) is 4.28. The second-order valence-corrected chi connectivity index (χ2v) is 16.1. The van der Waals surface area contributed by atoms with Crippen molar-refractivity contribution < 1.29 is 0 Å². The minimum atomic E-state index is -0.107. The van der Waals surface area contributed by atoms with E-state index < -0.39 is 0 Å². The van der Waals surface area contributed by atoms with Crippen LogP contribution in [0.15, 0.2) is 224 Å². The van der Waals surface area contributed by atoms with E-state index >= 15 is 0 Å². The second kappa shape index (κ2) is 16.7. The topological polar surface area (TPSA) is 43.0 Å². The highest BCUT2D eigenvalue weighted by Gasteiger charge is 2.17. The number of nitrogens with two attached hydrogens (primary N) is 1. The molecule has 0 aliphatic rings. The minimum absolute atomic E-state index is 0.107. The molecule has 3 heteroatoms. The van der Waals surface area contributed by atoms with Crippen molar-refractivity contribution in [1.29, 1.82) is 0 Å². The quantitative estimate of drug-likeness (QED) is 0.169. The monoisotopic (exact) mass is 797 g/mol. The van der Waals surface area contributed by atoms with Gasteiger partial charge in [-0.2, -0.15) is 0 Å². The summed E-state index contributed by atoms with van der Waals surface area (Å²) in [7, 11) is 0. The fourth-order valence-corrected chi connectivity index (χ4v) is 8.94. The third-order valence-electron chi connectivity index (χ3n) is 12.2. The Labute approximate surface area is 363 Å². The summed E-state index contributed by atoms with van der Waals surface area (Å²) >= 11 is 0. The number of aromatic nitrogens is 1. The average Bonchev–Trinajstić information content (AvgIpc) is 3.68. The average molecular weight is 798 g/mol. The van der Waals surface area contributed by atoms with Crippen LogP contribution in [0.25, 0.3) is 71.3 Å². The normalized spacial score (nSPS) is 11.7. The molecule has 11 rings (SSSR count). The molecule has 0 aliphatic heterocycles. The predicted molar refractivity (Wildman–Crippen MR) is 265 cm³/mol. The summed E-state index contributed by atoms with van der Waals surface area (Å²) in [5, 5.41) is 11.2. The van der Waals surface area contributed by atoms with E-state index in [2.05, 4.69) is 248 Å². The second-order valence-electron chi connectivity index (χ2n) is 16.1. The van der Waals surface area contributed by atoms with Crippen molar-refractivity contribution in [1.82, 2.24) is 4.57 Å². The van der Waals surface area contributed by atoms with Crippen LogP contribution < -0.4 is 11.1 Å². The maximum Gasteiger partial charge on any atom is 0.0554 e. The molecule has 0 amide bonds. The number of nitrogens with one attached hydrogen (secondary N) is 1. The van der Waals surface area contributed by atoms with E-state index in [0.717, 1.165) is 16.9 Å². The van der Waals surface area contributed by atoms with Gasteiger partial charge in [-0.05, 0) is 117 Å². The van der Waals surface area contributed by atoms with Gasteiger partial charge < -0.3 is 15.6 Å². The lowest BCUT2D eigenvalue weighted by molar-refractivity contribution is 0.866. The molecule has 0 saturated carbocycles. The molecule has 0 aliphatic carbocycles. The van der Waals surface area contributed by atoms with Crippen molar-refractivity contribution in [2.24, 2.45) is 5.73 Å². The van der Waals surface area contributed by atoms with Gasteiger partial charge in [-0.1, -0.05) is 181 Å². The Morgan fingerprint density at radius 1 is 0.452 bits per heavy atom. The summed E-state index contributed by atoms with van der Waals surface area (Å²) < 4.78 is 2.37. The Morgan fingerprint density at radius 2 is 1.05 bits per heavy atom. The molecule has 3 nitrogen and oxygen atoms in total. The Morgan fingerprint density at radius 3 is 1.84 bits per heavy atom. The van der Waals surface area contributed by atoms with Crippen molar-refractivity contribution in [2.75, 3.05) is 5.32 Å². The van der Waals surface area contributed by atoms with E-state index in [4.69, 9.17) is 5.73 Å². The highest BCUT2D eigenvalue weighted by atomic mass is 15.0. The first-order chi connectivity index (χ1) is 30.5. The van der Waals surface area contributed by atoms with Crippen LogP contribution in [0.5, 0.6) is 0 Å². The minimum Gasteiger partial charge on any atom is -0.355 e. The van der Waals surface area contributed by atoms with Crippen LogP contribution in [0, 0.1) is 13.8 Å². The molecule has 11 aromatic rings. The molecule has 1 atom stereocenters. The number of hydrogen-bond acceptors (Lipinski definition) is 2. The summed E-state index contributed by atoms with van der Waals surface area (Å²) in [6.07, 6.45) is 0. The first-order valence-corrected chi connectivity index (χ1v) is 21.3. The number of anilines is 2. The van der Waals surface area contributed by atoms with Crippen LogP contribution in [0.1, 0.15) is 28.3 Å². The number of hydrogen-bond donors (Lipinski definition) is 2. The lowest BCUT2D eigenvalue weighted by Gasteiger charge is -2.17. The number of benzene rings is 10. The number of para-hydroxylation sites is 3. The smallest absolute Gasteiger partial charge is 0.0554 e. The maximum absolute atomic E-state index is 6.60. The molecule has 62 heavy (non-hydrogen) atoms. The van der Waals surface area contributed by atoms with E-state index in [1.54, 1.807) is 0 Å². The van der Waals surface area contributed by atoms with Crippen LogP contribution in [0.3, 0.4) is 0 Å². The van der Waals surface area contributed by atoms with E-state index in [1.807, 2.05) is 0 Å². The van der Waals surface area contributed by atoms with E-state index in [-0.39, 0.29) is 6.04 Å². The zero-order chi connectivity index (χ0) is 42.0. The Bertz CT molecular complexity index is 3340. The van der Waals surface area contributed by atoms with Gasteiger partial charge in [-0.15, -0.1) is 0 Å². The lowest BCUT2D eigenvalue weighted by Crippen LogP contribution is -2.13. The van der Waals surface area contributed by atoms with Crippen LogP contribution >= 0.6 is 0 Å². The van der Waals surface area contributed by atoms with Crippen molar-refractivity contribution in [2.45, 2.75) is 19.9 Å². The number of nitrogens with zero attached hydrogens (tertiary/aromatic N) is 1. The summed E-state index contributed by atoms with van der Waals surface area (Å²) in [4.78, 5) is 0. The van der Waals surface area contributed by atoms with Gasteiger partial charge in [0.05, 0.1) is 17.1 Å². The molecular weight excluding hydrogens is 751 g/mol. The Hall–Kier alpha value is -7.72. The predicted octanol–water partition coefficient (Wildman–Crippen LogP) is 15.5. The Balaban J connectivity index is 0.000000169. The first-order valence-electron chi connectivity index (χ1n) is 21.3. The maximum atomic E-state index is 6.60. The number of aryl methyl sites for hydroxylation is 2. The van der Waals surface area contributed by atoms with Crippen LogP contribution in [-0.2, 0) is 0 Å². The highest BCUT2D eigenvalue weighted by molar-refractivity contribution is 6.15. The van der Waals surface area contributed by atoms with E-state index in [0.29, 0.717) is 0 Å². The van der Waals surface area contributed by atoms with Gasteiger partial charge >= 0.3 is 0 Å². The van der Waals surface area contributed by atoms with Gasteiger partial charge in [0.2, 0.25) is 0 Å². The van der Waals surface area contributed by atoms with Crippen LogP contribution in [-0.4, -0.2) is 4.57 Å². The number of fused-ring (bicyclic) bond motifs is 5. The van der Waals surface area contributed by atoms with Crippen molar-refractivity contribution in [3.05, 3.63) is 247 Å². The van der Waals surface area contributed by atoms with Gasteiger partial charge in [0.1, 0.15) is 0 Å². The van der Waals surface area contributed by atoms with E-state index in [1.165, 1.54) is 88.0 Å². The fraction of sp³-hybridized carbons (Fsp3) is 0.0508. The molecule has 1 aromatic heterocycles. The largest absolute Gasteiger partial charge is 0.355 e. The lowest BCUT2D eigenvalue weighted by atomic mass is 9.91. The van der Waals surface area contributed by atoms with Crippen molar-refractivity contribution in [3.63, 3.8) is 0 Å². The third kappa shape index (κ3) is 7.40. The zero-order valence-corrected chi connectivity index (χ0v) is 35.0. The van der Waals surface area contributed by atoms with Crippen LogP contribution in [0.4, 0.5) is 11.4 Å². The van der Waals surface area contributed by atoms with Gasteiger partial charge in [0.15, 0.2) is 0 Å². The molecular formula is C59H47N3.